The van der Waals surface area contributed by atoms with E-state index >= 15 is 0 Å². The molecule has 0 spiro atoms. The van der Waals surface area contributed by atoms with Crippen molar-refractivity contribution in [3.05, 3.63) is 42.4 Å². The molecule has 0 saturated carbocycles. The molecule has 1 aliphatic rings. The van der Waals surface area contributed by atoms with Crippen LogP contribution in [0.4, 0.5) is 0 Å². The largest absolute Gasteiger partial charge is 0.370 e. The van der Waals surface area contributed by atoms with E-state index in [0.717, 1.165) is 30.4 Å². The van der Waals surface area contributed by atoms with Crippen molar-refractivity contribution >= 4 is 5.96 Å². The lowest BCUT2D eigenvalue weighted by molar-refractivity contribution is 0.277. The van der Waals surface area contributed by atoms with Gasteiger partial charge in [0, 0.05) is 31.7 Å². The summed E-state index contributed by atoms with van der Waals surface area (Å²) >= 11 is 0. The third-order valence-corrected chi connectivity index (χ3v) is 4.08. The van der Waals surface area contributed by atoms with E-state index in [-0.39, 0.29) is 0 Å². The zero-order valence-corrected chi connectivity index (χ0v) is 12.9. The van der Waals surface area contributed by atoms with Crippen LogP contribution in [-0.4, -0.2) is 38.7 Å². The number of rotatable bonds is 3. The monoisotopic (exact) mass is 298 g/mol. The number of guanidine groups is 1. The van der Waals surface area contributed by atoms with Crippen molar-refractivity contribution < 1.29 is 0 Å². The summed E-state index contributed by atoms with van der Waals surface area (Å²) in [6.45, 7) is 4.86. The minimum Gasteiger partial charge on any atom is -0.370 e. The smallest absolute Gasteiger partial charge is 0.191 e. The molecule has 0 radical (unpaired) electrons. The van der Waals surface area contributed by atoms with E-state index in [1.54, 1.807) is 17.1 Å². The number of aliphatic imine (C=N–C) groups is 1. The molecule has 0 aliphatic carbocycles. The highest BCUT2D eigenvalue weighted by atomic mass is 15.3. The van der Waals surface area contributed by atoms with Crippen LogP contribution in [0.15, 0.2) is 41.8 Å². The number of nitrogens with two attached hydrogens (primary N) is 1. The topological polar surface area (TPSA) is 72.3 Å². The van der Waals surface area contributed by atoms with Crippen LogP contribution in [-0.2, 0) is 6.54 Å². The van der Waals surface area contributed by atoms with E-state index in [2.05, 4.69) is 26.9 Å². The molecule has 6 heteroatoms. The Bertz CT molecular complexity index is 626. The molecule has 0 bridgehead atoms. The Morgan fingerprint density at radius 3 is 2.91 bits per heavy atom. The molecule has 1 aliphatic heterocycles. The number of pyridine rings is 1. The Balaban J connectivity index is 1.66. The fraction of sp³-hybridized carbons (Fsp3) is 0.438. The standard InChI is InChI=1S/C16H22N6/c1-13-4-9-21(10-5-13)16(17)19-12-14-3-7-18-15(11-14)22-8-2-6-20-22/h2-3,6-8,11,13H,4-5,9-10,12H2,1H3,(H2,17,19). The Morgan fingerprint density at radius 2 is 2.18 bits per heavy atom. The van der Waals surface area contributed by atoms with Gasteiger partial charge >= 0.3 is 0 Å². The van der Waals surface area contributed by atoms with Crippen molar-refractivity contribution in [2.24, 2.45) is 16.6 Å². The quantitative estimate of drug-likeness (QED) is 0.693. The first-order chi connectivity index (χ1) is 10.7. The Labute approximate surface area is 130 Å². The van der Waals surface area contributed by atoms with Gasteiger partial charge in [0.15, 0.2) is 11.8 Å². The third kappa shape index (κ3) is 3.44. The highest BCUT2D eigenvalue weighted by Gasteiger charge is 2.16. The van der Waals surface area contributed by atoms with Gasteiger partial charge in [0.05, 0.1) is 6.54 Å². The summed E-state index contributed by atoms with van der Waals surface area (Å²) in [4.78, 5) is 11.0. The zero-order chi connectivity index (χ0) is 15.4. The van der Waals surface area contributed by atoms with Crippen molar-refractivity contribution in [3.8, 4) is 5.82 Å². The van der Waals surface area contributed by atoms with Gasteiger partial charge in [-0.2, -0.15) is 5.10 Å². The third-order valence-electron chi connectivity index (χ3n) is 4.08. The van der Waals surface area contributed by atoms with Crippen molar-refractivity contribution in [1.29, 1.82) is 0 Å². The van der Waals surface area contributed by atoms with Gasteiger partial charge in [0.25, 0.3) is 0 Å². The lowest BCUT2D eigenvalue weighted by atomic mass is 10.00. The first kappa shape index (κ1) is 14.6. The molecule has 0 unspecified atom stereocenters. The van der Waals surface area contributed by atoms with Crippen molar-refractivity contribution in [1.82, 2.24) is 19.7 Å². The summed E-state index contributed by atoms with van der Waals surface area (Å²) in [5, 5.41) is 4.19. The highest BCUT2D eigenvalue weighted by Crippen LogP contribution is 2.15. The van der Waals surface area contributed by atoms with E-state index in [1.807, 2.05) is 24.4 Å². The second-order valence-corrected chi connectivity index (χ2v) is 5.82. The zero-order valence-electron chi connectivity index (χ0n) is 12.9. The number of hydrogen-bond acceptors (Lipinski definition) is 3. The summed E-state index contributed by atoms with van der Waals surface area (Å²) in [5.41, 5.74) is 7.19. The van der Waals surface area contributed by atoms with E-state index in [1.165, 1.54) is 12.8 Å². The Hall–Kier alpha value is -2.37. The number of piperidine rings is 1. The highest BCUT2D eigenvalue weighted by molar-refractivity contribution is 5.78. The molecular weight excluding hydrogens is 276 g/mol. The van der Waals surface area contributed by atoms with Crippen LogP contribution in [0.1, 0.15) is 25.3 Å². The molecule has 3 heterocycles. The van der Waals surface area contributed by atoms with Gasteiger partial charge in [-0.05, 0) is 42.5 Å². The van der Waals surface area contributed by atoms with E-state index < -0.39 is 0 Å². The number of aromatic nitrogens is 3. The molecule has 2 aromatic heterocycles. The second-order valence-electron chi connectivity index (χ2n) is 5.82. The molecule has 2 N–H and O–H groups in total. The maximum Gasteiger partial charge on any atom is 0.191 e. The van der Waals surface area contributed by atoms with Gasteiger partial charge in [0.1, 0.15) is 0 Å². The Morgan fingerprint density at radius 1 is 1.36 bits per heavy atom. The van der Waals surface area contributed by atoms with E-state index in [0.29, 0.717) is 12.5 Å². The van der Waals surface area contributed by atoms with Crippen molar-refractivity contribution in [2.75, 3.05) is 13.1 Å². The molecule has 0 amide bonds. The normalized spacial score (nSPS) is 17.0. The molecule has 1 fully saturated rings. The van der Waals surface area contributed by atoms with E-state index in [4.69, 9.17) is 5.73 Å². The van der Waals surface area contributed by atoms with Crippen LogP contribution < -0.4 is 5.73 Å². The van der Waals surface area contributed by atoms with Gasteiger partial charge in [-0.1, -0.05) is 6.92 Å². The fourth-order valence-electron chi connectivity index (χ4n) is 2.60. The number of likely N-dealkylation sites (tertiary alicyclic amines) is 1. The lowest BCUT2D eigenvalue weighted by Crippen LogP contribution is -2.42. The van der Waals surface area contributed by atoms with Crippen LogP contribution in [0, 0.1) is 5.92 Å². The minimum absolute atomic E-state index is 0.564. The molecule has 2 aromatic rings. The summed E-state index contributed by atoms with van der Waals surface area (Å²) in [5.74, 6) is 2.23. The molecular formula is C16H22N6. The van der Waals surface area contributed by atoms with Crippen LogP contribution in [0.25, 0.3) is 5.82 Å². The fourth-order valence-corrected chi connectivity index (χ4v) is 2.60. The average Bonchev–Trinajstić information content (AvgIpc) is 3.08. The molecule has 0 aromatic carbocycles. The van der Waals surface area contributed by atoms with Gasteiger partial charge in [-0.3, -0.25) is 0 Å². The second kappa shape index (κ2) is 6.60. The van der Waals surface area contributed by atoms with Crippen LogP contribution >= 0.6 is 0 Å². The predicted octanol–water partition coefficient (Wildman–Crippen LogP) is 1.81. The summed E-state index contributed by atoms with van der Waals surface area (Å²) in [7, 11) is 0. The van der Waals surface area contributed by atoms with Crippen LogP contribution in [0.5, 0.6) is 0 Å². The maximum atomic E-state index is 6.12. The van der Waals surface area contributed by atoms with Crippen molar-refractivity contribution in [2.45, 2.75) is 26.3 Å². The van der Waals surface area contributed by atoms with E-state index in [9.17, 15) is 0 Å². The molecule has 116 valence electrons. The molecule has 6 nitrogen and oxygen atoms in total. The van der Waals surface area contributed by atoms with Gasteiger partial charge in [-0.25, -0.2) is 14.7 Å². The number of hydrogen-bond donors (Lipinski definition) is 1. The van der Waals surface area contributed by atoms with Crippen molar-refractivity contribution in [3.63, 3.8) is 0 Å². The van der Waals surface area contributed by atoms with Gasteiger partial charge in [-0.15, -0.1) is 0 Å². The predicted molar refractivity (Wildman–Crippen MR) is 86.7 cm³/mol. The van der Waals surface area contributed by atoms with Gasteiger partial charge in [0.2, 0.25) is 0 Å². The molecule has 22 heavy (non-hydrogen) atoms. The summed E-state index contributed by atoms with van der Waals surface area (Å²) in [6, 6.07) is 5.83. The first-order valence-corrected chi connectivity index (χ1v) is 7.72. The Kier molecular flexibility index (Phi) is 4.37. The SMILES string of the molecule is CC1CCN(C(N)=NCc2ccnc(-n3cccn3)c2)CC1. The van der Waals surface area contributed by atoms with Crippen LogP contribution in [0.3, 0.4) is 0 Å². The summed E-state index contributed by atoms with van der Waals surface area (Å²) in [6.07, 6.45) is 7.77. The summed E-state index contributed by atoms with van der Waals surface area (Å²) < 4.78 is 1.74. The molecule has 1 saturated heterocycles. The van der Waals surface area contributed by atoms with Crippen LogP contribution in [0.2, 0.25) is 0 Å². The molecule has 0 atom stereocenters. The van der Waals surface area contributed by atoms with Gasteiger partial charge < -0.3 is 10.6 Å². The first-order valence-electron chi connectivity index (χ1n) is 7.72. The molecule has 3 rings (SSSR count). The maximum absolute atomic E-state index is 6.12. The minimum atomic E-state index is 0.564. The number of nitrogens with zero attached hydrogens (tertiary/aromatic N) is 5. The lowest BCUT2D eigenvalue weighted by Gasteiger charge is -2.31. The average molecular weight is 298 g/mol.